The molecule has 0 aliphatic carbocycles. The lowest BCUT2D eigenvalue weighted by atomic mass is 10.2. The number of nitrogens with one attached hydrogen (secondary N) is 1. The van der Waals surface area contributed by atoms with Crippen LogP contribution >= 0.6 is 0 Å². The summed E-state index contributed by atoms with van der Waals surface area (Å²) >= 11 is 0. The highest BCUT2D eigenvalue weighted by Crippen LogP contribution is 2.11. The van der Waals surface area contributed by atoms with Crippen LogP contribution in [0.3, 0.4) is 0 Å². The van der Waals surface area contributed by atoms with E-state index in [1.807, 2.05) is 0 Å². The van der Waals surface area contributed by atoms with Gasteiger partial charge in [0.05, 0.1) is 11.5 Å². The summed E-state index contributed by atoms with van der Waals surface area (Å²) in [5.74, 6) is 1.16. The van der Waals surface area contributed by atoms with Gasteiger partial charge < -0.3 is 5.32 Å². The van der Waals surface area contributed by atoms with Gasteiger partial charge in [0.2, 0.25) is 0 Å². The van der Waals surface area contributed by atoms with Crippen LogP contribution in [-0.2, 0) is 20.6 Å². The van der Waals surface area contributed by atoms with Crippen molar-refractivity contribution in [1.82, 2.24) is 5.32 Å². The number of rotatable bonds is 4. The Morgan fingerprint density at radius 2 is 2.21 bits per heavy atom. The van der Waals surface area contributed by atoms with Gasteiger partial charge in [-0.05, 0) is 12.8 Å². The van der Waals surface area contributed by atoms with E-state index in [0.717, 1.165) is 12.8 Å². The lowest BCUT2D eigenvalue weighted by molar-refractivity contribution is 0.492. The van der Waals surface area contributed by atoms with E-state index in [1.165, 1.54) is 0 Å². The fraction of sp³-hybridized carbons (Fsp3) is 1.00. The van der Waals surface area contributed by atoms with E-state index in [-0.39, 0.29) is 11.8 Å². The summed E-state index contributed by atoms with van der Waals surface area (Å²) in [6.07, 6.45) is 3.31. The largest absolute Gasteiger partial charge is 0.312 e. The van der Waals surface area contributed by atoms with Gasteiger partial charge in [-0.15, -0.1) is 0 Å². The lowest BCUT2D eigenvalue weighted by Gasteiger charge is -2.22. The van der Waals surface area contributed by atoms with Gasteiger partial charge in [-0.25, -0.2) is 8.42 Å². The molecule has 2 atom stereocenters. The molecule has 84 valence electrons. The molecule has 1 fully saturated rings. The van der Waals surface area contributed by atoms with Gasteiger partial charge in [0.1, 0.15) is 0 Å². The van der Waals surface area contributed by atoms with Gasteiger partial charge in [0.25, 0.3) is 0 Å². The molecule has 1 rings (SSSR count). The minimum atomic E-state index is -2.82. The molecule has 1 aliphatic heterocycles. The predicted molar refractivity (Wildman–Crippen MR) is 58.6 cm³/mol. The highest BCUT2D eigenvalue weighted by molar-refractivity contribution is 7.91. The van der Waals surface area contributed by atoms with Crippen molar-refractivity contribution >= 4 is 20.6 Å². The minimum Gasteiger partial charge on any atom is -0.312 e. The zero-order valence-corrected chi connectivity index (χ0v) is 9.99. The monoisotopic (exact) mass is 239 g/mol. The van der Waals surface area contributed by atoms with E-state index < -0.39 is 20.6 Å². The maximum Gasteiger partial charge on any atom is 0.151 e. The van der Waals surface area contributed by atoms with Crippen LogP contribution in [0, 0.1) is 0 Å². The summed E-state index contributed by atoms with van der Waals surface area (Å²) in [6.45, 7) is 0.642. The van der Waals surface area contributed by atoms with Crippen molar-refractivity contribution in [3.63, 3.8) is 0 Å². The Hall–Kier alpha value is 0.0600. The molecule has 6 heteroatoms. The maximum atomic E-state index is 11.3. The van der Waals surface area contributed by atoms with Crippen molar-refractivity contribution in [1.29, 1.82) is 0 Å². The van der Waals surface area contributed by atoms with E-state index in [1.54, 1.807) is 6.26 Å². The fourth-order valence-corrected chi connectivity index (χ4v) is 3.67. The highest BCUT2D eigenvalue weighted by atomic mass is 32.2. The molecule has 2 unspecified atom stereocenters. The summed E-state index contributed by atoms with van der Waals surface area (Å²) in [4.78, 5) is 0. The van der Waals surface area contributed by atoms with Crippen LogP contribution in [0.4, 0.5) is 0 Å². The normalized spacial score (nSPS) is 28.5. The third-order valence-electron chi connectivity index (χ3n) is 2.29. The van der Waals surface area contributed by atoms with Crippen molar-refractivity contribution in [3.8, 4) is 0 Å². The van der Waals surface area contributed by atoms with Gasteiger partial charge in [0.15, 0.2) is 9.84 Å². The van der Waals surface area contributed by atoms with E-state index in [9.17, 15) is 12.6 Å². The molecule has 0 aromatic heterocycles. The SMILES string of the molecule is CS(=O)CCNC1CCCS(=O)(=O)C1. The number of sulfone groups is 1. The molecule has 4 nitrogen and oxygen atoms in total. The predicted octanol–water partition coefficient (Wildman–Crippen LogP) is -0.468. The van der Waals surface area contributed by atoms with Crippen molar-refractivity contribution in [3.05, 3.63) is 0 Å². The summed E-state index contributed by atoms with van der Waals surface area (Å²) in [7, 11) is -3.62. The summed E-state index contributed by atoms with van der Waals surface area (Å²) in [5.41, 5.74) is 0. The van der Waals surface area contributed by atoms with Crippen LogP contribution in [0.15, 0.2) is 0 Å². The van der Waals surface area contributed by atoms with Crippen LogP contribution in [0.25, 0.3) is 0 Å². The third kappa shape index (κ3) is 4.52. The first-order valence-corrected chi connectivity index (χ1v) is 8.28. The molecule has 1 aliphatic rings. The molecule has 0 spiro atoms. The van der Waals surface area contributed by atoms with Gasteiger partial charge in [-0.3, -0.25) is 4.21 Å². The Kier molecular flexibility index (Phi) is 4.53. The lowest BCUT2D eigenvalue weighted by Crippen LogP contribution is -2.41. The van der Waals surface area contributed by atoms with Gasteiger partial charge in [-0.1, -0.05) is 0 Å². The van der Waals surface area contributed by atoms with Gasteiger partial charge in [-0.2, -0.15) is 0 Å². The highest BCUT2D eigenvalue weighted by Gasteiger charge is 2.23. The topological polar surface area (TPSA) is 63.2 Å². The smallest absolute Gasteiger partial charge is 0.151 e. The molecule has 0 aromatic carbocycles. The fourth-order valence-electron chi connectivity index (χ4n) is 1.59. The van der Waals surface area contributed by atoms with Crippen molar-refractivity contribution in [2.24, 2.45) is 0 Å². The summed E-state index contributed by atoms with van der Waals surface area (Å²) in [5, 5.41) is 3.14. The first kappa shape index (κ1) is 12.1. The van der Waals surface area contributed by atoms with Gasteiger partial charge in [0, 0.05) is 35.4 Å². The molecule has 0 saturated carbocycles. The van der Waals surface area contributed by atoms with Crippen LogP contribution in [0.5, 0.6) is 0 Å². The standard InChI is InChI=1S/C8H17NO3S2/c1-13(10)5-4-9-8-3-2-6-14(11,12)7-8/h8-9H,2-7H2,1H3. The Labute approximate surface area is 87.8 Å². The molecular formula is C8H17NO3S2. The average Bonchev–Trinajstić information content (AvgIpc) is 2.01. The molecule has 1 N–H and O–H groups in total. The van der Waals surface area contributed by atoms with E-state index in [4.69, 9.17) is 0 Å². The second-order valence-electron chi connectivity index (χ2n) is 3.68. The van der Waals surface area contributed by atoms with Crippen molar-refractivity contribution in [2.45, 2.75) is 18.9 Å². The summed E-state index contributed by atoms with van der Waals surface area (Å²) in [6, 6.07) is 0.0669. The van der Waals surface area contributed by atoms with Crippen LogP contribution in [0.1, 0.15) is 12.8 Å². The Balaban J connectivity index is 2.28. The van der Waals surface area contributed by atoms with Crippen molar-refractivity contribution in [2.75, 3.05) is 30.1 Å². The zero-order valence-electron chi connectivity index (χ0n) is 8.36. The van der Waals surface area contributed by atoms with Crippen LogP contribution < -0.4 is 5.32 Å². The van der Waals surface area contributed by atoms with E-state index in [2.05, 4.69) is 5.32 Å². The molecule has 0 aromatic rings. The first-order valence-electron chi connectivity index (χ1n) is 4.73. The molecule has 0 bridgehead atoms. The molecule has 0 amide bonds. The van der Waals surface area contributed by atoms with Crippen molar-refractivity contribution < 1.29 is 12.6 Å². The number of hydrogen-bond acceptors (Lipinski definition) is 4. The van der Waals surface area contributed by atoms with E-state index >= 15 is 0 Å². The van der Waals surface area contributed by atoms with Crippen LogP contribution in [0.2, 0.25) is 0 Å². The first-order chi connectivity index (χ1) is 6.49. The second-order valence-corrected chi connectivity index (χ2v) is 7.47. The Bertz CT molecular complexity index is 300. The Morgan fingerprint density at radius 3 is 2.79 bits per heavy atom. The molecule has 1 saturated heterocycles. The minimum absolute atomic E-state index is 0.0669. The van der Waals surface area contributed by atoms with E-state index in [0.29, 0.717) is 18.1 Å². The molecule has 1 heterocycles. The quantitative estimate of drug-likeness (QED) is 0.720. The third-order valence-corrected chi connectivity index (χ3v) is 4.89. The van der Waals surface area contributed by atoms with Gasteiger partial charge >= 0.3 is 0 Å². The zero-order chi connectivity index (χ0) is 10.6. The molecule has 14 heavy (non-hydrogen) atoms. The second kappa shape index (κ2) is 5.23. The average molecular weight is 239 g/mol. The Morgan fingerprint density at radius 1 is 1.50 bits per heavy atom. The maximum absolute atomic E-state index is 11.3. The molecular weight excluding hydrogens is 222 g/mol. The molecule has 0 radical (unpaired) electrons. The van der Waals surface area contributed by atoms with Crippen LogP contribution in [-0.4, -0.2) is 48.7 Å². The number of hydrogen-bond donors (Lipinski definition) is 1. The summed E-state index contributed by atoms with van der Waals surface area (Å²) < 4.78 is 33.3.